The predicted octanol–water partition coefficient (Wildman–Crippen LogP) is 2.36. The third-order valence-corrected chi connectivity index (χ3v) is 1.72. The summed E-state index contributed by atoms with van der Waals surface area (Å²) in [5, 5.41) is 0. The van der Waals surface area contributed by atoms with Crippen molar-refractivity contribution in [2.75, 3.05) is 0 Å². The molecule has 1 radical (unpaired) electrons. The van der Waals surface area contributed by atoms with Crippen LogP contribution >= 0.6 is 0 Å². The van der Waals surface area contributed by atoms with Crippen LogP contribution in [0.1, 0.15) is 47.0 Å². The molecule has 0 atom stereocenters. The maximum absolute atomic E-state index is 11.3. The first-order chi connectivity index (χ1) is 5.38. The van der Waals surface area contributed by atoms with Crippen LogP contribution in [0.5, 0.6) is 0 Å². The van der Waals surface area contributed by atoms with Crippen LogP contribution in [0.3, 0.4) is 0 Å². The third kappa shape index (κ3) is 6.97. The fraction of sp³-hybridized carbons (Fsp3) is 0.800. The SMILES string of the molecule is CCCC(=O)CC(=O)C(C)(C)C.[Cu]. The first-order valence-corrected chi connectivity index (χ1v) is 4.43. The molecule has 0 bridgehead atoms. The molecule has 0 saturated heterocycles. The van der Waals surface area contributed by atoms with E-state index in [1.807, 2.05) is 27.7 Å². The molecule has 0 N–H and O–H groups in total. The van der Waals surface area contributed by atoms with Gasteiger partial charge in [-0.3, -0.25) is 9.59 Å². The van der Waals surface area contributed by atoms with Gasteiger partial charge in [0.25, 0.3) is 0 Å². The van der Waals surface area contributed by atoms with E-state index in [1.165, 1.54) is 0 Å². The van der Waals surface area contributed by atoms with Crippen molar-refractivity contribution < 1.29 is 26.7 Å². The molecule has 0 saturated carbocycles. The van der Waals surface area contributed by atoms with Crippen molar-refractivity contribution in [3.8, 4) is 0 Å². The molecule has 81 valence electrons. The topological polar surface area (TPSA) is 34.1 Å². The van der Waals surface area contributed by atoms with Crippen molar-refractivity contribution >= 4 is 11.6 Å². The first kappa shape index (κ1) is 15.3. The zero-order valence-electron chi connectivity index (χ0n) is 8.74. The summed E-state index contributed by atoms with van der Waals surface area (Å²) in [5.74, 6) is 0.110. The average Bonchev–Trinajstić information content (AvgIpc) is 1.85. The number of Topliss-reactive ketones (excluding diaryl/α,β-unsaturated/α-hetero) is 2. The molecule has 0 aromatic rings. The Kier molecular flexibility index (Phi) is 7.47. The molecule has 3 heteroatoms. The average molecular weight is 234 g/mol. The number of rotatable bonds is 4. The number of ketones is 2. The Morgan fingerprint density at radius 1 is 1.15 bits per heavy atom. The Bertz CT molecular complexity index is 180. The Labute approximate surface area is 90.9 Å². The van der Waals surface area contributed by atoms with Crippen LogP contribution in [0, 0.1) is 5.41 Å². The van der Waals surface area contributed by atoms with Crippen LogP contribution in [-0.4, -0.2) is 11.6 Å². The number of hydrogen-bond donors (Lipinski definition) is 0. The summed E-state index contributed by atoms with van der Waals surface area (Å²) in [6, 6.07) is 0. The van der Waals surface area contributed by atoms with Crippen molar-refractivity contribution in [2.45, 2.75) is 47.0 Å². The zero-order valence-corrected chi connectivity index (χ0v) is 9.68. The molecular formula is C10H18CuO2. The van der Waals surface area contributed by atoms with Gasteiger partial charge in [-0.1, -0.05) is 27.7 Å². The summed E-state index contributed by atoms with van der Waals surface area (Å²) in [6.45, 7) is 7.47. The van der Waals surface area contributed by atoms with Gasteiger partial charge in [0.15, 0.2) is 0 Å². The van der Waals surface area contributed by atoms with E-state index in [4.69, 9.17) is 0 Å². The second-order valence-corrected chi connectivity index (χ2v) is 4.14. The van der Waals surface area contributed by atoms with E-state index in [2.05, 4.69) is 0 Å². The van der Waals surface area contributed by atoms with Crippen molar-refractivity contribution in [2.24, 2.45) is 5.41 Å². The molecule has 0 aromatic carbocycles. The van der Waals surface area contributed by atoms with E-state index in [9.17, 15) is 9.59 Å². The summed E-state index contributed by atoms with van der Waals surface area (Å²) < 4.78 is 0. The minimum Gasteiger partial charge on any atom is -0.299 e. The van der Waals surface area contributed by atoms with Gasteiger partial charge in [0, 0.05) is 28.9 Å². The zero-order chi connectivity index (χ0) is 9.78. The van der Waals surface area contributed by atoms with E-state index in [0.717, 1.165) is 6.42 Å². The van der Waals surface area contributed by atoms with Crippen LogP contribution in [-0.2, 0) is 26.7 Å². The van der Waals surface area contributed by atoms with Crippen LogP contribution < -0.4 is 0 Å². The van der Waals surface area contributed by atoms with E-state index < -0.39 is 0 Å². The second kappa shape index (κ2) is 6.33. The molecular weight excluding hydrogens is 216 g/mol. The van der Waals surface area contributed by atoms with Gasteiger partial charge < -0.3 is 0 Å². The second-order valence-electron chi connectivity index (χ2n) is 4.14. The summed E-state index contributed by atoms with van der Waals surface area (Å²) in [4.78, 5) is 22.4. The van der Waals surface area contributed by atoms with Crippen LogP contribution in [0.25, 0.3) is 0 Å². The molecule has 0 unspecified atom stereocenters. The van der Waals surface area contributed by atoms with Crippen molar-refractivity contribution in [1.82, 2.24) is 0 Å². The van der Waals surface area contributed by atoms with Crippen molar-refractivity contribution in [3.05, 3.63) is 0 Å². The summed E-state index contributed by atoms with van der Waals surface area (Å²) in [6.07, 6.45) is 1.47. The fourth-order valence-electron chi connectivity index (χ4n) is 0.811. The Balaban J connectivity index is 0. The van der Waals surface area contributed by atoms with Gasteiger partial charge in [0.1, 0.15) is 11.6 Å². The smallest absolute Gasteiger partial charge is 0.145 e. The van der Waals surface area contributed by atoms with Gasteiger partial charge in [-0.2, -0.15) is 0 Å². The molecule has 0 aromatic heterocycles. The van der Waals surface area contributed by atoms with Gasteiger partial charge >= 0.3 is 0 Å². The monoisotopic (exact) mass is 233 g/mol. The van der Waals surface area contributed by atoms with Gasteiger partial charge in [-0.25, -0.2) is 0 Å². The maximum Gasteiger partial charge on any atom is 0.145 e. The number of carbonyl (C=O) groups excluding carboxylic acids is 2. The normalized spacial score (nSPS) is 10.5. The largest absolute Gasteiger partial charge is 0.299 e. The van der Waals surface area contributed by atoms with Gasteiger partial charge in [-0.15, -0.1) is 0 Å². The summed E-state index contributed by atoms with van der Waals surface area (Å²) in [5.41, 5.74) is -0.372. The van der Waals surface area contributed by atoms with Gasteiger partial charge in [0.05, 0.1) is 6.42 Å². The molecule has 0 amide bonds. The minimum atomic E-state index is -0.372. The Morgan fingerprint density at radius 3 is 1.92 bits per heavy atom. The van der Waals surface area contributed by atoms with Crippen molar-refractivity contribution in [1.29, 1.82) is 0 Å². The molecule has 0 aliphatic rings. The van der Waals surface area contributed by atoms with Crippen molar-refractivity contribution in [3.63, 3.8) is 0 Å². The standard InChI is InChI=1S/C10H18O2.Cu/c1-5-6-8(11)7-9(12)10(2,3)4;/h5-7H2,1-4H3;. The predicted molar refractivity (Wildman–Crippen MR) is 49.0 cm³/mol. The van der Waals surface area contributed by atoms with Crippen LogP contribution in [0.2, 0.25) is 0 Å². The third-order valence-electron chi connectivity index (χ3n) is 1.72. The molecule has 0 aliphatic carbocycles. The molecule has 13 heavy (non-hydrogen) atoms. The van der Waals surface area contributed by atoms with Crippen LogP contribution in [0.15, 0.2) is 0 Å². The Hall–Kier alpha value is -0.141. The van der Waals surface area contributed by atoms with Crippen LogP contribution in [0.4, 0.5) is 0 Å². The molecule has 0 spiro atoms. The van der Waals surface area contributed by atoms with E-state index in [-0.39, 0.29) is 40.5 Å². The van der Waals surface area contributed by atoms with E-state index >= 15 is 0 Å². The summed E-state index contributed by atoms with van der Waals surface area (Å²) in [7, 11) is 0. The quantitative estimate of drug-likeness (QED) is 0.552. The first-order valence-electron chi connectivity index (χ1n) is 4.43. The number of carbonyl (C=O) groups is 2. The summed E-state index contributed by atoms with van der Waals surface area (Å²) >= 11 is 0. The van der Waals surface area contributed by atoms with E-state index in [0.29, 0.717) is 6.42 Å². The molecule has 0 aliphatic heterocycles. The fourth-order valence-corrected chi connectivity index (χ4v) is 0.811. The van der Waals surface area contributed by atoms with Gasteiger partial charge in [-0.05, 0) is 6.42 Å². The maximum atomic E-state index is 11.3. The van der Waals surface area contributed by atoms with E-state index in [1.54, 1.807) is 0 Å². The minimum absolute atomic E-state index is 0. The molecule has 0 fully saturated rings. The molecule has 0 heterocycles. The molecule has 2 nitrogen and oxygen atoms in total. The number of hydrogen-bond acceptors (Lipinski definition) is 2. The molecule has 0 rings (SSSR count). The van der Waals surface area contributed by atoms with Gasteiger partial charge in [0.2, 0.25) is 0 Å². The Morgan fingerprint density at radius 2 is 1.62 bits per heavy atom.